The Hall–Kier alpha value is -1.87. The van der Waals surface area contributed by atoms with E-state index in [4.69, 9.17) is 5.73 Å². The SMILES string of the molecule is CC(c1ccc2ccccc2c1)N(CC(N)=O)C1CC1. The zero-order valence-corrected chi connectivity index (χ0v) is 11.8. The van der Waals surface area contributed by atoms with Gasteiger partial charge in [-0.25, -0.2) is 0 Å². The maximum Gasteiger partial charge on any atom is 0.231 e. The first-order chi connectivity index (χ1) is 9.65. The molecule has 3 heteroatoms. The molecule has 1 aliphatic rings. The Labute approximate surface area is 119 Å². The summed E-state index contributed by atoms with van der Waals surface area (Å²) in [7, 11) is 0. The van der Waals surface area contributed by atoms with Gasteiger partial charge in [0.2, 0.25) is 5.91 Å². The molecule has 2 N–H and O–H groups in total. The molecule has 20 heavy (non-hydrogen) atoms. The third-order valence-electron chi connectivity index (χ3n) is 4.11. The Kier molecular flexibility index (Phi) is 3.45. The van der Waals surface area contributed by atoms with E-state index in [2.05, 4.69) is 54.3 Å². The molecule has 0 radical (unpaired) electrons. The van der Waals surface area contributed by atoms with Crippen molar-refractivity contribution >= 4 is 16.7 Å². The number of hydrogen-bond donors (Lipinski definition) is 1. The monoisotopic (exact) mass is 268 g/mol. The van der Waals surface area contributed by atoms with Gasteiger partial charge in [0, 0.05) is 12.1 Å². The Morgan fingerprint density at radius 1 is 1.25 bits per heavy atom. The number of carbonyl (C=O) groups excluding carboxylic acids is 1. The number of primary amides is 1. The number of nitrogens with two attached hydrogens (primary N) is 1. The topological polar surface area (TPSA) is 46.3 Å². The van der Waals surface area contributed by atoms with Gasteiger partial charge >= 0.3 is 0 Å². The maximum atomic E-state index is 11.3. The van der Waals surface area contributed by atoms with Gasteiger partial charge in [-0.2, -0.15) is 0 Å². The van der Waals surface area contributed by atoms with Gasteiger partial charge in [0.05, 0.1) is 6.54 Å². The summed E-state index contributed by atoms with van der Waals surface area (Å²) in [5.41, 5.74) is 6.63. The van der Waals surface area contributed by atoms with Crippen molar-refractivity contribution in [3.05, 3.63) is 48.0 Å². The average Bonchev–Trinajstić information content (AvgIpc) is 3.28. The summed E-state index contributed by atoms with van der Waals surface area (Å²) in [6.45, 7) is 2.50. The highest BCUT2D eigenvalue weighted by atomic mass is 16.1. The number of benzene rings is 2. The molecule has 1 fully saturated rings. The molecule has 3 nitrogen and oxygen atoms in total. The number of rotatable bonds is 5. The molecule has 1 amide bonds. The second-order valence-corrected chi connectivity index (χ2v) is 5.65. The van der Waals surface area contributed by atoms with Crippen molar-refractivity contribution in [2.24, 2.45) is 5.73 Å². The summed E-state index contributed by atoms with van der Waals surface area (Å²) in [6, 6.07) is 15.6. The second-order valence-electron chi connectivity index (χ2n) is 5.65. The van der Waals surface area contributed by atoms with Gasteiger partial charge in [-0.1, -0.05) is 36.4 Å². The van der Waals surface area contributed by atoms with E-state index in [1.165, 1.54) is 29.2 Å². The van der Waals surface area contributed by atoms with E-state index in [1.54, 1.807) is 0 Å². The molecule has 0 spiro atoms. The van der Waals surface area contributed by atoms with Crippen LogP contribution < -0.4 is 5.73 Å². The predicted molar refractivity (Wildman–Crippen MR) is 81.3 cm³/mol. The molecule has 2 aromatic rings. The van der Waals surface area contributed by atoms with Gasteiger partial charge in [-0.3, -0.25) is 9.69 Å². The maximum absolute atomic E-state index is 11.3. The van der Waals surface area contributed by atoms with Crippen LogP contribution in [0, 0.1) is 0 Å². The molecular weight excluding hydrogens is 248 g/mol. The van der Waals surface area contributed by atoms with Crippen LogP contribution in [-0.2, 0) is 4.79 Å². The predicted octanol–water partition coefficient (Wildman–Crippen LogP) is 2.85. The molecule has 3 rings (SSSR count). The van der Waals surface area contributed by atoms with E-state index >= 15 is 0 Å². The molecule has 0 aromatic heterocycles. The fourth-order valence-corrected chi connectivity index (χ4v) is 2.83. The Bertz CT molecular complexity index is 634. The van der Waals surface area contributed by atoms with Gasteiger partial charge in [0.15, 0.2) is 0 Å². The number of nitrogens with zero attached hydrogens (tertiary/aromatic N) is 1. The van der Waals surface area contributed by atoms with Crippen molar-refractivity contribution in [3.8, 4) is 0 Å². The van der Waals surface area contributed by atoms with E-state index < -0.39 is 0 Å². The summed E-state index contributed by atoms with van der Waals surface area (Å²) in [6.07, 6.45) is 2.34. The standard InChI is InChI=1S/C17H20N2O/c1-12(19(11-17(18)20)16-8-9-16)14-7-6-13-4-2-3-5-15(13)10-14/h2-7,10,12,16H,8-9,11H2,1H3,(H2,18,20). The third-order valence-corrected chi connectivity index (χ3v) is 4.11. The number of fused-ring (bicyclic) bond motifs is 1. The van der Waals surface area contributed by atoms with Crippen molar-refractivity contribution in [3.63, 3.8) is 0 Å². The molecule has 1 saturated carbocycles. The fraction of sp³-hybridized carbons (Fsp3) is 0.353. The number of carbonyl (C=O) groups is 1. The molecule has 0 saturated heterocycles. The largest absolute Gasteiger partial charge is 0.369 e. The van der Waals surface area contributed by atoms with Crippen molar-refractivity contribution in [2.75, 3.05) is 6.54 Å². The molecule has 104 valence electrons. The van der Waals surface area contributed by atoms with Crippen LogP contribution in [0.2, 0.25) is 0 Å². The zero-order valence-electron chi connectivity index (χ0n) is 11.8. The normalized spacial score (nSPS) is 16.5. The summed E-state index contributed by atoms with van der Waals surface area (Å²) >= 11 is 0. The van der Waals surface area contributed by atoms with E-state index in [9.17, 15) is 4.79 Å². The summed E-state index contributed by atoms with van der Waals surface area (Å²) in [5.74, 6) is -0.246. The first-order valence-electron chi connectivity index (χ1n) is 7.18. The van der Waals surface area contributed by atoms with Gasteiger partial charge in [-0.15, -0.1) is 0 Å². The van der Waals surface area contributed by atoms with E-state index in [-0.39, 0.29) is 11.9 Å². The quantitative estimate of drug-likeness (QED) is 0.906. The zero-order chi connectivity index (χ0) is 14.1. The Balaban J connectivity index is 1.89. The van der Waals surface area contributed by atoms with E-state index in [1.807, 2.05) is 0 Å². The van der Waals surface area contributed by atoms with Crippen LogP contribution in [0.25, 0.3) is 10.8 Å². The minimum absolute atomic E-state index is 0.222. The minimum atomic E-state index is -0.246. The van der Waals surface area contributed by atoms with Crippen molar-refractivity contribution < 1.29 is 4.79 Å². The number of hydrogen-bond acceptors (Lipinski definition) is 2. The van der Waals surface area contributed by atoms with Gasteiger partial charge in [0.25, 0.3) is 0 Å². The summed E-state index contributed by atoms with van der Waals surface area (Å²) < 4.78 is 0. The van der Waals surface area contributed by atoms with Gasteiger partial charge in [0.1, 0.15) is 0 Å². The molecular formula is C17H20N2O. The Morgan fingerprint density at radius 3 is 2.60 bits per heavy atom. The van der Waals surface area contributed by atoms with Crippen LogP contribution in [0.4, 0.5) is 0 Å². The first kappa shape index (κ1) is 13.1. The van der Waals surface area contributed by atoms with Crippen LogP contribution in [0.3, 0.4) is 0 Å². The molecule has 1 aliphatic carbocycles. The molecule has 1 atom stereocenters. The molecule has 2 aromatic carbocycles. The lowest BCUT2D eigenvalue weighted by Gasteiger charge is -2.28. The second kappa shape index (κ2) is 5.25. The van der Waals surface area contributed by atoms with Crippen LogP contribution in [-0.4, -0.2) is 23.4 Å². The summed E-state index contributed by atoms with van der Waals surface area (Å²) in [4.78, 5) is 13.5. The van der Waals surface area contributed by atoms with Crippen LogP contribution in [0.15, 0.2) is 42.5 Å². The Morgan fingerprint density at radius 2 is 1.95 bits per heavy atom. The van der Waals surface area contributed by atoms with Gasteiger partial charge in [-0.05, 0) is 42.2 Å². The minimum Gasteiger partial charge on any atom is -0.369 e. The summed E-state index contributed by atoms with van der Waals surface area (Å²) in [5, 5.41) is 2.49. The lowest BCUT2D eigenvalue weighted by molar-refractivity contribution is -0.119. The smallest absolute Gasteiger partial charge is 0.231 e. The average molecular weight is 268 g/mol. The first-order valence-corrected chi connectivity index (χ1v) is 7.18. The van der Waals surface area contributed by atoms with E-state index in [0.29, 0.717) is 12.6 Å². The highest BCUT2D eigenvalue weighted by Gasteiger charge is 2.33. The van der Waals surface area contributed by atoms with Crippen molar-refractivity contribution in [1.29, 1.82) is 0 Å². The van der Waals surface area contributed by atoms with Crippen molar-refractivity contribution in [1.82, 2.24) is 4.90 Å². The van der Waals surface area contributed by atoms with Crippen molar-refractivity contribution in [2.45, 2.75) is 31.8 Å². The van der Waals surface area contributed by atoms with Crippen LogP contribution in [0.1, 0.15) is 31.4 Å². The molecule has 1 unspecified atom stereocenters. The molecule has 0 bridgehead atoms. The van der Waals surface area contributed by atoms with Gasteiger partial charge < -0.3 is 5.73 Å². The molecule has 0 aliphatic heterocycles. The highest BCUT2D eigenvalue weighted by Crippen LogP contribution is 2.34. The molecule has 0 heterocycles. The highest BCUT2D eigenvalue weighted by molar-refractivity contribution is 5.83. The van der Waals surface area contributed by atoms with Crippen LogP contribution in [0.5, 0.6) is 0 Å². The number of amides is 1. The fourth-order valence-electron chi connectivity index (χ4n) is 2.83. The van der Waals surface area contributed by atoms with Crippen LogP contribution >= 0.6 is 0 Å². The van der Waals surface area contributed by atoms with E-state index in [0.717, 1.165) is 0 Å². The lowest BCUT2D eigenvalue weighted by atomic mass is 10.0. The third kappa shape index (κ3) is 2.68. The lowest BCUT2D eigenvalue weighted by Crippen LogP contribution is -2.37.